The Balaban J connectivity index is 2.38. The van der Waals surface area contributed by atoms with Crippen LogP contribution in [0.1, 0.15) is 5.89 Å². The molecule has 7 heteroatoms. The minimum atomic E-state index is -1.04. The van der Waals surface area contributed by atoms with Crippen molar-refractivity contribution in [1.82, 2.24) is 10.2 Å². The number of nitrogens with zero attached hydrogens (tertiary/aromatic N) is 2. The number of benzene rings is 1. The predicted molar refractivity (Wildman–Crippen MR) is 62.6 cm³/mol. The van der Waals surface area contributed by atoms with Crippen molar-refractivity contribution < 1.29 is 19.1 Å². The van der Waals surface area contributed by atoms with Crippen LogP contribution in [0, 0.1) is 0 Å². The van der Waals surface area contributed by atoms with Gasteiger partial charge in [-0.25, -0.2) is 0 Å². The first kappa shape index (κ1) is 12.4. The van der Waals surface area contributed by atoms with Gasteiger partial charge in [0.1, 0.15) is 12.2 Å². The highest BCUT2D eigenvalue weighted by Gasteiger charge is 2.15. The van der Waals surface area contributed by atoms with Crippen LogP contribution in [-0.2, 0) is 11.2 Å². The molecule has 6 nitrogen and oxygen atoms in total. The molecule has 18 heavy (non-hydrogen) atoms. The zero-order valence-corrected chi connectivity index (χ0v) is 10.1. The zero-order chi connectivity index (χ0) is 13.1. The number of rotatable bonds is 4. The molecule has 0 radical (unpaired) electrons. The molecular formula is C11H9ClN2O4. The summed E-state index contributed by atoms with van der Waals surface area (Å²) in [6.45, 7) is 0. The van der Waals surface area contributed by atoms with E-state index in [2.05, 4.69) is 10.2 Å². The van der Waals surface area contributed by atoms with E-state index in [1.54, 1.807) is 18.2 Å². The molecule has 1 heterocycles. The van der Waals surface area contributed by atoms with Gasteiger partial charge < -0.3 is 14.3 Å². The summed E-state index contributed by atoms with van der Waals surface area (Å²) in [4.78, 5) is 10.5. The van der Waals surface area contributed by atoms with Crippen LogP contribution >= 0.6 is 11.6 Å². The van der Waals surface area contributed by atoms with Crippen molar-refractivity contribution in [3.05, 3.63) is 29.1 Å². The van der Waals surface area contributed by atoms with Gasteiger partial charge in [0, 0.05) is 5.02 Å². The van der Waals surface area contributed by atoms with Gasteiger partial charge in [0.25, 0.3) is 5.89 Å². The highest BCUT2D eigenvalue weighted by atomic mass is 35.5. The Morgan fingerprint density at radius 1 is 1.50 bits per heavy atom. The van der Waals surface area contributed by atoms with Gasteiger partial charge in [-0.15, -0.1) is 10.2 Å². The number of methoxy groups -OCH3 is 1. The number of hydrogen-bond acceptors (Lipinski definition) is 5. The van der Waals surface area contributed by atoms with E-state index in [0.717, 1.165) is 0 Å². The number of aromatic nitrogens is 2. The predicted octanol–water partition coefficient (Wildman–Crippen LogP) is 2.03. The van der Waals surface area contributed by atoms with Crippen LogP contribution in [0.3, 0.4) is 0 Å². The number of hydrogen-bond donors (Lipinski definition) is 1. The van der Waals surface area contributed by atoms with E-state index in [1.807, 2.05) is 0 Å². The molecule has 1 aromatic carbocycles. The van der Waals surface area contributed by atoms with Crippen molar-refractivity contribution in [1.29, 1.82) is 0 Å². The average Bonchev–Trinajstić information content (AvgIpc) is 2.76. The summed E-state index contributed by atoms with van der Waals surface area (Å²) in [5, 5.41) is 16.5. The second kappa shape index (κ2) is 5.05. The highest BCUT2D eigenvalue weighted by molar-refractivity contribution is 6.30. The standard InChI is InChI=1S/C11H9ClN2O4/c1-17-8-3-2-6(12)4-7(8)11-14-13-9(18-11)5-10(15)16/h2-4H,5H2,1H3,(H,15,16). The number of carboxylic acids is 1. The number of carbonyl (C=O) groups is 1. The summed E-state index contributed by atoms with van der Waals surface area (Å²) in [5.41, 5.74) is 0.522. The molecule has 0 aliphatic rings. The average molecular weight is 269 g/mol. The third kappa shape index (κ3) is 2.60. The smallest absolute Gasteiger partial charge is 0.312 e. The summed E-state index contributed by atoms with van der Waals surface area (Å²) >= 11 is 5.88. The van der Waals surface area contributed by atoms with Gasteiger partial charge in [-0.1, -0.05) is 11.6 Å². The molecule has 0 atom stereocenters. The van der Waals surface area contributed by atoms with Crippen molar-refractivity contribution in [2.45, 2.75) is 6.42 Å². The molecule has 0 spiro atoms. The highest BCUT2D eigenvalue weighted by Crippen LogP contribution is 2.31. The van der Waals surface area contributed by atoms with E-state index >= 15 is 0 Å². The Morgan fingerprint density at radius 3 is 2.94 bits per heavy atom. The Morgan fingerprint density at radius 2 is 2.28 bits per heavy atom. The van der Waals surface area contributed by atoms with Gasteiger partial charge in [-0.05, 0) is 18.2 Å². The molecule has 1 aromatic heterocycles. The monoisotopic (exact) mass is 268 g/mol. The summed E-state index contributed by atoms with van der Waals surface area (Å²) in [6.07, 6.45) is -0.324. The lowest BCUT2D eigenvalue weighted by molar-refractivity contribution is -0.136. The van der Waals surface area contributed by atoms with Crippen molar-refractivity contribution in [3.8, 4) is 17.2 Å². The molecule has 94 valence electrons. The number of ether oxygens (including phenoxy) is 1. The van der Waals surface area contributed by atoms with E-state index in [9.17, 15) is 4.79 Å². The van der Waals surface area contributed by atoms with E-state index < -0.39 is 5.97 Å². The Bertz CT molecular complexity index is 582. The second-order valence-corrected chi connectivity index (χ2v) is 3.85. The second-order valence-electron chi connectivity index (χ2n) is 3.42. The third-order valence-electron chi connectivity index (χ3n) is 2.16. The first-order chi connectivity index (χ1) is 8.60. The lowest BCUT2D eigenvalue weighted by Crippen LogP contribution is -1.99. The molecule has 2 rings (SSSR count). The minimum Gasteiger partial charge on any atom is -0.496 e. The largest absolute Gasteiger partial charge is 0.496 e. The number of carboxylic acid groups (broad SMARTS) is 1. The molecule has 0 fully saturated rings. The fourth-order valence-electron chi connectivity index (χ4n) is 1.41. The molecule has 0 aliphatic carbocycles. The van der Waals surface area contributed by atoms with Gasteiger partial charge in [0.2, 0.25) is 5.89 Å². The molecular weight excluding hydrogens is 260 g/mol. The normalized spacial score (nSPS) is 10.3. The molecule has 0 saturated carbocycles. The van der Waals surface area contributed by atoms with E-state index in [1.165, 1.54) is 7.11 Å². The first-order valence-electron chi connectivity index (χ1n) is 4.98. The number of aliphatic carboxylic acids is 1. The molecule has 0 unspecified atom stereocenters. The Labute approximate surface area is 107 Å². The van der Waals surface area contributed by atoms with Crippen LogP contribution in [-0.4, -0.2) is 28.4 Å². The zero-order valence-electron chi connectivity index (χ0n) is 9.38. The van der Waals surface area contributed by atoms with Crippen LogP contribution in [0.15, 0.2) is 22.6 Å². The van der Waals surface area contributed by atoms with Crippen molar-refractivity contribution in [2.24, 2.45) is 0 Å². The maximum Gasteiger partial charge on any atom is 0.312 e. The van der Waals surface area contributed by atoms with Gasteiger partial charge in [0.15, 0.2) is 0 Å². The molecule has 0 aliphatic heterocycles. The summed E-state index contributed by atoms with van der Waals surface area (Å²) in [7, 11) is 1.50. The van der Waals surface area contributed by atoms with Crippen LogP contribution in [0.5, 0.6) is 5.75 Å². The molecule has 1 N–H and O–H groups in total. The van der Waals surface area contributed by atoms with Crippen LogP contribution in [0.2, 0.25) is 5.02 Å². The molecule has 0 bridgehead atoms. The quantitative estimate of drug-likeness (QED) is 0.913. The lowest BCUT2D eigenvalue weighted by Gasteiger charge is -2.04. The van der Waals surface area contributed by atoms with Crippen molar-refractivity contribution >= 4 is 17.6 Å². The molecule has 0 saturated heterocycles. The van der Waals surface area contributed by atoms with Gasteiger partial charge in [-0.2, -0.15) is 0 Å². The van der Waals surface area contributed by atoms with Gasteiger partial charge >= 0.3 is 5.97 Å². The summed E-state index contributed by atoms with van der Waals surface area (Å²) < 4.78 is 10.4. The van der Waals surface area contributed by atoms with Gasteiger partial charge in [-0.3, -0.25) is 4.79 Å². The third-order valence-corrected chi connectivity index (χ3v) is 2.40. The van der Waals surface area contributed by atoms with Crippen LogP contribution in [0.25, 0.3) is 11.5 Å². The summed E-state index contributed by atoms with van der Waals surface area (Å²) in [5.74, 6) is -0.321. The van der Waals surface area contributed by atoms with Crippen molar-refractivity contribution in [3.63, 3.8) is 0 Å². The van der Waals surface area contributed by atoms with E-state index in [-0.39, 0.29) is 18.2 Å². The topological polar surface area (TPSA) is 85.5 Å². The molecule has 0 amide bonds. The first-order valence-corrected chi connectivity index (χ1v) is 5.36. The Hall–Kier alpha value is -2.08. The van der Waals surface area contributed by atoms with Crippen molar-refractivity contribution in [2.75, 3.05) is 7.11 Å². The van der Waals surface area contributed by atoms with Crippen LogP contribution < -0.4 is 4.74 Å². The molecule has 2 aromatic rings. The maximum absolute atomic E-state index is 10.5. The lowest BCUT2D eigenvalue weighted by atomic mass is 10.2. The fourth-order valence-corrected chi connectivity index (χ4v) is 1.58. The summed E-state index contributed by atoms with van der Waals surface area (Å²) in [6, 6.07) is 4.94. The van der Waals surface area contributed by atoms with Gasteiger partial charge in [0.05, 0.1) is 12.7 Å². The van der Waals surface area contributed by atoms with Crippen LogP contribution in [0.4, 0.5) is 0 Å². The maximum atomic E-state index is 10.5. The minimum absolute atomic E-state index is 0.0273. The Kier molecular flexibility index (Phi) is 3.47. The fraction of sp³-hybridized carbons (Fsp3) is 0.182. The SMILES string of the molecule is COc1ccc(Cl)cc1-c1nnc(CC(=O)O)o1. The van der Waals surface area contributed by atoms with E-state index in [0.29, 0.717) is 16.3 Å². The number of halogens is 1. The van der Waals surface area contributed by atoms with E-state index in [4.69, 9.17) is 25.9 Å².